The van der Waals surface area contributed by atoms with Crippen LogP contribution in [0.25, 0.3) is 0 Å². The Labute approximate surface area is 170 Å². The van der Waals surface area contributed by atoms with Gasteiger partial charge in [0.2, 0.25) is 5.91 Å². The van der Waals surface area contributed by atoms with E-state index in [1.807, 2.05) is 11.5 Å². The molecule has 0 spiro atoms. The van der Waals surface area contributed by atoms with E-state index in [1.54, 1.807) is 18.2 Å². The predicted octanol–water partition coefficient (Wildman–Crippen LogP) is 3.05. The van der Waals surface area contributed by atoms with Gasteiger partial charge in [0.15, 0.2) is 22.3 Å². The number of aliphatic imine (C=N–C) groups is 1. The number of amides is 1. The smallest absolute Gasteiger partial charge is 0.236 e. The third-order valence-electron chi connectivity index (χ3n) is 3.71. The number of halogens is 1. The molecule has 1 amide bonds. The SMILES string of the molecule is C=CCn1c(SCC(=O)NC2=NCCS2)nnc1C(C)Oc1ccc(F)cc1. The Morgan fingerprint density at radius 3 is 2.93 bits per heavy atom. The van der Waals surface area contributed by atoms with E-state index in [-0.39, 0.29) is 17.5 Å². The average molecular weight is 422 g/mol. The standard InChI is InChI=1S/C18H20FN5O2S2/c1-3-9-24-16(12(2)26-14-6-4-13(19)5-7-14)22-23-18(24)28-11-15(25)21-17-20-8-10-27-17/h3-7,12H,1,8-11H2,2H3,(H,20,21,25). The van der Waals surface area contributed by atoms with Crippen LogP contribution in [0.2, 0.25) is 0 Å². The van der Waals surface area contributed by atoms with Gasteiger partial charge in [0, 0.05) is 12.3 Å². The maximum atomic E-state index is 13.1. The summed E-state index contributed by atoms with van der Waals surface area (Å²) in [5.41, 5.74) is 0. The topological polar surface area (TPSA) is 81.4 Å². The number of amidine groups is 1. The minimum atomic E-state index is -0.412. The molecule has 1 N–H and O–H groups in total. The van der Waals surface area contributed by atoms with Crippen molar-refractivity contribution in [2.45, 2.75) is 24.7 Å². The molecule has 2 aromatic rings. The molecule has 0 fully saturated rings. The molecule has 1 aromatic carbocycles. The number of hydrogen-bond acceptors (Lipinski definition) is 7. The van der Waals surface area contributed by atoms with Gasteiger partial charge in [-0.3, -0.25) is 14.4 Å². The number of nitrogens with zero attached hydrogens (tertiary/aromatic N) is 4. The zero-order chi connectivity index (χ0) is 19.9. The number of nitrogens with one attached hydrogen (secondary N) is 1. The summed E-state index contributed by atoms with van der Waals surface area (Å²) < 4.78 is 20.7. The lowest BCUT2D eigenvalue weighted by Gasteiger charge is -2.15. The van der Waals surface area contributed by atoms with Crippen LogP contribution in [0.3, 0.4) is 0 Å². The van der Waals surface area contributed by atoms with Gasteiger partial charge in [-0.25, -0.2) is 4.39 Å². The Bertz CT molecular complexity index is 869. The number of rotatable bonds is 8. The van der Waals surface area contributed by atoms with Gasteiger partial charge < -0.3 is 10.1 Å². The van der Waals surface area contributed by atoms with E-state index < -0.39 is 6.10 Å². The van der Waals surface area contributed by atoms with Gasteiger partial charge in [0.05, 0.1) is 12.3 Å². The number of benzene rings is 1. The zero-order valence-electron chi connectivity index (χ0n) is 15.3. The predicted molar refractivity (Wildman–Crippen MR) is 109 cm³/mol. The number of carbonyl (C=O) groups excluding carboxylic acids is 1. The van der Waals surface area contributed by atoms with Gasteiger partial charge in [-0.2, -0.15) is 0 Å². The summed E-state index contributed by atoms with van der Waals surface area (Å²) in [6.45, 7) is 6.82. The van der Waals surface area contributed by atoms with Crippen molar-refractivity contribution in [1.82, 2.24) is 20.1 Å². The second-order valence-electron chi connectivity index (χ2n) is 5.83. The van der Waals surface area contributed by atoms with Gasteiger partial charge in [0.25, 0.3) is 0 Å². The van der Waals surface area contributed by atoms with Gasteiger partial charge in [-0.15, -0.1) is 16.8 Å². The van der Waals surface area contributed by atoms with Gasteiger partial charge in [-0.05, 0) is 31.2 Å². The second kappa shape index (κ2) is 9.74. The Balaban J connectivity index is 1.65. The van der Waals surface area contributed by atoms with Crippen molar-refractivity contribution >= 4 is 34.6 Å². The van der Waals surface area contributed by atoms with Crippen molar-refractivity contribution in [3.8, 4) is 5.75 Å². The molecule has 1 aromatic heterocycles. The highest BCUT2D eigenvalue weighted by Gasteiger charge is 2.20. The molecule has 2 heterocycles. The summed E-state index contributed by atoms with van der Waals surface area (Å²) in [6.07, 6.45) is 1.32. The van der Waals surface area contributed by atoms with Crippen LogP contribution in [-0.2, 0) is 11.3 Å². The van der Waals surface area contributed by atoms with Crippen molar-refractivity contribution in [3.05, 3.63) is 48.6 Å². The minimum Gasteiger partial charge on any atom is -0.483 e. The van der Waals surface area contributed by atoms with Crippen LogP contribution in [0.15, 0.2) is 47.1 Å². The van der Waals surface area contributed by atoms with Crippen molar-refractivity contribution in [2.24, 2.45) is 4.99 Å². The van der Waals surface area contributed by atoms with Crippen LogP contribution < -0.4 is 10.1 Å². The van der Waals surface area contributed by atoms with E-state index in [0.717, 1.165) is 12.3 Å². The summed E-state index contributed by atoms with van der Waals surface area (Å²) in [4.78, 5) is 16.3. The first-order valence-electron chi connectivity index (χ1n) is 8.63. The van der Waals surface area contributed by atoms with Crippen molar-refractivity contribution in [1.29, 1.82) is 0 Å². The lowest BCUT2D eigenvalue weighted by atomic mass is 10.3. The van der Waals surface area contributed by atoms with Crippen LogP contribution in [-0.4, -0.2) is 43.9 Å². The molecule has 0 saturated heterocycles. The molecule has 28 heavy (non-hydrogen) atoms. The van der Waals surface area contributed by atoms with E-state index in [4.69, 9.17) is 4.74 Å². The monoisotopic (exact) mass is 421 g/mol. The summed E-state index contributed by atoms with van der Waals surface area (Å²) in [6, 6.07) is 5.79. The Morgan fingerprint density at radius 2 is 2.25 bits per heavy atom. The third kappa shape index (κ3) is 5.35. The summed E-state index contributed by atoms with van der Waals surface area (Å²) in [5.74, 6) is 1.76. The second-order valence-corrected chi connectivity index (χ2v) is 7.85. The number of allylic oxidation sites excluding steroid dienone is 1. The molecular formula is C18H20FN5O2S2. The Hall–Kier alpha value is -2.33. The van der Waals surface area contributed by atoms with E-state index >= 15 is 0 Å². The zero-order valence-corrected chi connectivity index (χ0v) is 16.9. The lowest BCUT2D eigenvalue weighted by Crippen LogP contribution is -2.29. The molecule has 148 valence electrons. The average Bonchev–Trinajstić information content (AvgIpc) is 3.32. The Kier molecular flexibility index (Phi) is 7.10. The maximum absolute atomic E-state index is 13.1. The van der Waals surface area contributed by atoms with Crippen molar-refractivity contribution in [3.63, 3.8) is 0 Å². The summed E-state index contributed by atoms with van der Waals surface area (Å²) >= 11 is 2.82. The molecule has 10 heteroatoms. The highest BCUT2D eigenvalue weighted by Crippen LogP contribution is 2.25. The van der Waals surface area contributed by atoms with Gasteiger partial charge in [-0.1, -0.05) is 29.6 Å². The molecule has 7 nitrogen and oxygen atoms in total. The molecule has 0 radical (unpaired) electrons. The fourth-order valence-electron chi connectivity index (χ4n) is 2.47. The normalized spacial score (nSPS) is 14.4. The lowest BCUT2D eigenvalue weighted by molar-refractivity contribution is -0.117. The number of hydrogen-bond donors (Lipinski definition) is 1. The third-order valence-corrected chi connectivity index (χ3v) is 5.57. The van der Waals surface area contributed by atoms with Gasteiger partial charge in [0.1, 0.15) is 11.6 Å². The number of thioether (sulfide) groups is 2. The van der Waals surface area contributed by atoms with Crippen molar-refractivity contribution in [2.75, 3.05) is 18.1 Å². The number of ether oxygens (including phenoxy) is 1. The highest BCUT2D eigenvalue weighted by molar-refractivity contribution is 8.14. The maximum Gasteiger partial charge on any atom is 0.236 e. The summed E-state index contributed by atoms with van der Waals surface area (Å²) in [7, 11) is 0. The molecule has 0 saturated carbocycles. The fourth-order valence-corrected chi connectivity index (χ4v) is 3.97. The molecule has 0 aliphatic carbocycles. The van der Waals surface area contributed by atoms with Gasteiger partial charge >= 0.3 is 0 Å². The Morgan fingerprint density at radius 1 is 1.46 bits per heavy atom. The van der Waals surface area contributed by atoms with Crippen molar-refractivity contribution < 1.29 is 13.9 Å². The van der Waals surface area contributed by atoms with Crippen LogP contribution >= 0.6 is 23.5 Å². The molecule has 1 aliphatic heterocycles. The van der Waals surface area contributed by atoms with Crippen LogP contribution in [0.4, 0.5) is 4.39 Å². The highest BCUT2D eigenvalue weighted by atomic mass is 32.2. The first-order valence-corrected chi connectivity index (χ1v) is 10.6. The first kappa shape index (κ1) is 20.4. The molecular weight excluding hydrogens is 401 g/mol. The van der Waals surface area contributed by atoms with E-state index in [2.05, 4.69) is 27.1 Å². The molecule has 1 atom stereocenters. The summed E-state index contributed by atoms with van der Waals surface area (Å²) in [5, 5.41) is 12.5. The molecule has 3 rings (SSSR count). The fraction of sp³-hybridized carbons (Fsp3) is 0.333. The van der Waals surface area contributed by atoms with E-state index in [9.17, 15) is 9.18 Å². The van der Waals surface area contributed by atoms with Crippen LogP contribution in [0, 0.1) is 5.82 Å². The minimum absolute atomic E-state index is 0.136. The van der Waals surface area contributed by atoms with Crippen LogP contribution in [0.1, 0.15) is 18.9 Å². The first-order chi connectivity index (χ1) is 13.6. The number of aromatic nitrogens is 3. The van der Waals surface area contributed by atoms with E-state index in [0.29, 0.717) is 28.4 Å². The van der Waals surface area contributed by atoms with Crippen LogP contribution in [0.5, 0.6) is 5.75 Å². The van der Waals surface area contributed by atoms with E-state index in [1.165, 1.54) is 35.7 Å². The number of carbonyl (C=O) groups is 1. The molecule has 1 unspecified atom stereocenters. The molecule has 1 aliphatic rings. The quantitative estimate of drug-likeness (QED) is 0.521. The largest absolute Gasteiger partial charge is 0.483 e. The molecule has 0 bridgehead atoms.